The molecule has 0 aromatic heterocycles. The molecule has 0 fully saturated rings. The number of rotatable bonds is 8. The maximum atomic E-state index is 11.5. The van der Waals surface area contributed by atoms with Crippen LogP contribution in [0.4, 0.5) is 0 Å². The van der Waals surface area contributed by atoms with Gasteiger partial charge in [-0.2, -0.15) is 5.26 Å². The zero-order valence-corrected chi connectivity index (χ0v) is 12.1. The number of hydrogen-bond acceptors (Lipinski definition) is 3. The van der Waals surface area contributed by atoms with Crippen molar-refractivity contribution in [3.8, 4) is 6.07 Å². The van der Waals surface area contributed by atoms with Crippen molar-refractivity contribution in [3.05, 3.63) is 35.9 Å². The van der Waals surface area contributed by atoms with Crippen molar-refractivity contribution in [3.63, 3.8) is 0 Å². The highest BCUT2D eigenvalue weighted by Gasteiger charge is 2.23. The first kappa shape index (κ1) is 16.2. The van der Waals surface area contributed by atoms with Crippen molar-refractivity contribution in [1.82, 2.24) is 4.90 Å². The first-order chi connectivity index (χ1) is 9.54. The lowest BCUT2D eigenvalue weighted by Gasteiger charge is -2.26. The lowest BCUT2D eigenvalue weighted by atomic mass is 9.98. The van der Waals surface area contributed by atoms with E-state index in [4.69, 9.17) is 5.26 Å². The quantitative estimate of drug-likeness (QED) is 0.791. The molecule has 0 bridgehead atoms. The number of carboxylic acids is 1. The molecule has 0 aliphatic rings. The number of hydrogen-bond donors (Lipinski definition) is 1. The number of nitriles is 1. The molecule has 0 spiro atoms. The molecule has 0 saturated carbocycles. The van der Waals surface area contributed by atoms with Crippen molar-refractivity contribution in [1.29, 1.82) is 5.26 Å². The van der Waals surface area contributed by atoms with E-state index in [1.807, 2.05) is 30.3 Å². The molecule has 0 radical (unpaired) electrons. The summed E-state index contributed by atoms with van der Waals surface area (Å²) in [5.41, 5.74) is 0.811. The second kappa shape index (κ2) is 8.34. The van der Waals surface area contributed by atoms with E-state index in [0.29, 0.717) is 25.4 Å². The Morgan fingerprint density at radius 2 is 1.95 bits per heavy atom. The van der Waals surface area contributed by atoms with Gasteiger partial charge >= 0.3 is 5.97 Å². The van der Waals surface area contributed by atoms with Gasteiger partial charge < -0.3 is 10.0 Å². The average molecular weight is 274 g/mol. The molecule has 0 saturated heterocycles. The third-order valence-corrected chi connectivity index (χ3v) is 3.10. The fourth-order valence-electron chi connectivity index (χ4n) is 2.25. The van der Waals surface area contributed by atoms with Gasteiger partial charge in [-0.15, -0.1) is 0 Å². The first-order valence-corrected chi connectivity index (χ1v) is 6.91. The van der Waals surface area contributed by atoms with Crippen LogP contribution in [0.15, 0.2) is 30.3 Å². The summed E-state index contributed by atoms with van der Waals surface area (Å²) in [4.78, 5) is 13.6. The Morgan fingerprint density at radius 3 is 2.45 bits per heavy atom. The van der Waals surface area contributed by atoms with Crippen molar-refractivity contribution in [2.75, 3.05) is 19.6 Å². The van der Waals surface area contributed by atoms with E-state index in [1.165, 1.54) is 0 Å². The van der Waals surface area contributed by atoms with Gasteiger partial charge in [-0.3, -0.25) is 4.79 Å². The fourth-order valence-corrected chi connectivity index (χ4v) is 2.25. The molecule has 1 rings (SSSR count). The van der Waals surface area contributed by atoms with E-state index in [2.05, 4.69) is 24.8 Å². The molecule has 0 aliphatic carbocycles. The monoisotopic (exact) mass is 274 g/mol. The highest BCUT2D eigenvalue weighted by atomic mass is 16.4. The van der Waals surface area contributed by atoms with Crippen LogP contribution in [0.1, 0.15) is 31.7 Å². The lowest BCUT2D eigenvalue weighted by Crippen LogP contribution is -2.35. The molecule has 1 N–H and O–H groups in total. The van der Waals surface area contributed by atoms with E-state index in [1.54, 1.807) is 0 Å². The molecule has 4 nitrogen and oxygen atoms in total. The largest absolute Gasteiger partial charge is 0.481 e. The van der Waals surface area contributed by atoms with Crippen LogP contribution in [0.5, 0.6) is 0 Å². The van der Waals surface area contributed by atoms with E-state index < -0.39 is 11.9 Å². The Kier molecular flexibility index (Phi) is 6.75. The Labute approximate surface area is 120 Å². The van der Waals surface area contributed by atoms with E-state index in [0.717, 1.165) is 12.1 Å². The maximum Gasteiger partial charge on any atom is 0.312 e. The topological polar surface area (TPSA) is 64.3 Å². The molecule has 1 unspecified atom stereocenters. The molecule has 1 atom stereocenters. The summed E-state index contributed by atoms with van der Waals surface area (Å²) in [5, 5.41) is 18.2. The minimum Gasteiger partial charge on any atom is -0.481 e. The van der Waals surface area contributed by atoms with Gasteiger partial charge in [0, 0.05) is 26.1 Å². The fraction of sp³-hybridized carbons (Fsp3) is 0.500. The van der Waals surface area contributed by atoms with Gasteiger partial charge in [-0.25, -0.2) is 0 Å². The Bertz CT molecular complexity index is 451. The molecular formula is C16H22N2O2. The van der Waals surface area contributed by atoms with Gasteiger partial charge in [0.05, 0.1) is 12.0 Å². The summed E-state index contributed by atoms with van der Waals surface area (Å²) < 4.78 is 0. The van der Waals surface area contributed by atoms with E-state index >= 15 is 0 Å². The van der Waals surface area contributed by atoms with Crippen LogP contribution in [-0.4, -0.2) is 35.6 Å². The van der Waals surface area contributed by atoms with Crippen LogP contribution in [0, 0.1) is 17.2 Å². The van der Waals surface area contributed by atoms with Gasteiger partial charge in [0.1, 0.15) is 0 Å². The second-order valence-corrected chi connectivity index (χ2v) is 5.36. The Balaban J connectivity index is 2.80. The van der Waals surface area contributed by atoms with Crippen molar-refractivity contribution in [2.24, 2.45) is 5.92 Å². The Hall–Kier alpha value is -1.86. The molecule has 0 amide bonds. The first-order valence-electron chi connectivity index (χ1n) is 6.91. The SMILES string of the molecule is CC(C)CN(CCC#N)CC(C(=O)O)c1ccccc1. The number of carbonyl (C=O) groups is 1. The van der Waals surface area contributed by atoms with Gasteiger partial charge in [0.15, 0.2) is 0 Å². The minimum atomic E-state index is -0.818. The van der Waals surface area contributed by atoms with Gasteiger partial charge in [0.2, 0.25) is 0 Å². The Morgan fingerprint density at radius 1 is 1.30 bits per heavy atom. The molecule has 1 aromatic rings. The van der Waals surface area contributed by atoms with Crippen LogP contribution in [-0.2, 0) is 4.79 Å². The molecule has 20 heavy (non-hydrogen) atoms. The van der Waals surface area contributed by atoms with Crippen molar-refractivity contribution >= 4 is 5.97 Å². The van der Waals surface area contributed by atoms with Gasteiger partial charge in [0.25, 0.3) is 0 Å². The van der Waals surface area contributed by atoms with Crippen LogP contribution in [0.3, 0.4) is 0 Å². The van der Waals surface area contributed by atoms with Gasteiger partial charge in [-0.1, -0.05) is 44.2 Å². The van der Waals surface area contributed by atoms with Crippen LogP contribution in [0.25, 0.3) is 0 Å². The third kappa shape index (κ3) is 5.41. The summed E-state index contributed by atoms with van der Waals surface area (Å²) in [6.07, 6.45) is 0.424. The zero-order chi connectivity index (χ0) is 15.0. The minimum absolute atomic E-state index is 0.424. The lowest BCUT2D eigenvalue weighted by molar-refractivity contribution is -0.139. The van der Waals surface area contributed by atoms with Crippen molar-refractivity contribution in [2.45, 2.75) is 26.2 Å². The number of carboxylic acid groups (broad SMARTS) is 1. The standard InChI is InChI=1S/C16H22N2O2/c1-13(2)11-18(10-6-9-17)12-15(16(19)20)14-7-4-3-5-8-14/h3-5,7-8,13,15H,6,10-12H2,1-2H3,(H,19,20). The summed E-state index contributed by atoms with van der Waals surface area (Å²) in [6, 6.07) is 11.4. The summed E-state index contributed by atoms with van der Waals surface area (Å²) in [5.74, 6) is -0.922. The number of aliphatic carboxylic acids is 1. The summed E-state index contributed by atoms with van der Waals surface area (Å²) >= 11 is 0. The number of benzene rings is 1. The highest BCUT2D eigenvalue weighted by Crippen LogP contribution is 2.18. The van der Waals surface area contributed by atoms with Crippen LogP contribution in [0.2, 0.25) is 0 Å². The third-order valence-electron chi connectivity index (χ3n) is 3.10. The molecule has 1 aromatic carbocycles. The van der Waals surface area contributed by atoms with Crippen molar-refractivity contribution < 1.29 is 9.90 Å². The zero-order valence-electron chi connectivity index (χ0n) is 12.1. The maximum absolute atomic E-state index is 11.5. The molecule has 0 aliphatic heterocycles. The van der Waals surface area contributed by atoms with E-state index in [-0.39, 0.29) is 0 Å². The number of nitrogens with zero attached hydrogens (tertiary/aromatic N) is 2. The predicted molar refractivity (Wildman–Crippen MR) is 78.3 cm³/mol. The molecule has 0 heterocycles. The predicted octanol–water partition coefficient (Wildman–Crippen LogP) is 2.73. The molecule has 4 heteroatoms. The summed E-state index contributed by atoms with van der Waals surface area (Å²) in [7, 11) is 0. The van der Waals surface area contributed by atoms with Gasteiger partial charge in [-0.05, 0) is 11.5 Å². The second-order valence-electron chi connectivity index (χ2n) is 5.36. The van der Waals surface area contributed by atoms with Crippen LogP contribution >= 0.6 is 0 Å². The highest BCUT2D eigenvalue weighted by molar-refractivity contribution is 5.76. The van der Waals surface area contributed by atoms with E-state index in [9.17, 15) is 9.90 Å². The average Bonchev–Trinajstić information content (AvgIpc) is 2.41. The molecular weight excluding hydrogens is 252 g/mol. The van der Waals surface area contributed by atoms with Crippen LogP contribution < -0.4 is 0 Å². The normalized spacial score (nSPS) is 12.3. The molecule has 108 valence electrons. The summed E-state index contributed by atoms with van der Waals surface area (Å²) in [6.45, 7) is 6.05. The smallest absolute Gasteiger partial charge is 0.312 e.